The molecule has 3 aromatic rings. The molecule has 5 nitrogen and oxygen atoms in total. The summed E-state index contributed by atoms with van der Waals surface area (Å²) in [5.74, 6) is -0.254. The third-order valence-electron chi connectivity index (χ3n) is 5.64. The fourth-order valence-electron chi connectivity index (χ4n) is 3.99. The van der Waals surface area contributed by atoms with E-state index in [9.17, 15) is 14.0 Å². The maximum absolute atomic E-state index is 13.2. The fourth-order valence-corrected chi connectivity index (χ4v) is 5.01. The molecule has 0 bridgehead atoms. The lowest BCUT2D eigenvalue weighted by atomic mass is 9.85. The van der Waals surface area contributed by atoms with Gasteiger partial charge in [0.05, 0.1) is 16.8 Å². The molecule has 2 aromatic carbocycles. The maximum Gasteiger partial charge on any atom is 0.222 e. The van der Waals surface area contributed by atoms with Crippen LogP contribution in [0.15, 0.2) is 48.5 Å². The molecule has 0 aliphatic carbocycles. The van der Waals surface area contributed by atoms with Crippen LogP contribution in [0.3, 0.4) is 0 Å². The van der Waals surface area contributed by atoms with Crippen LogP contribution in [0.25, 0.3) is 10.2 Å². The first-order valence-corrected chi connectivity index (χ1v) is 10.9. The van der Waals surface area contributed by atoms with Gasteiger partial charge in [-0.1, -0.05) is 24.3 Å². The van der Waals surface area contributed by atoms with Crippen LogP contribution in [0.4, 0.5) is 4.39 Å². The highest BCUT2D eigenvalue weighted by atomic mass is 32.1. The van der Waals surface area contributed by atoms with E-state index < -0.39 is 5.54 Å². The van der Waals surface area contributed by atoms with Gasteiger partial charge in [0, 0.05) is 25.4 Å². The summed E-state index contributed by atoms with van der Waals surface area (Å²) in [4.78, 5) is 31.0. The smallest absolute Gasteiger partial charge is 0.222 e. The number of rotatable bonds is 7. The van der Waals surface area contributed by atoms with Gasteiger partial charge in [-0.3, -0.25) is 9.59 Å². The molecular formula is C23H24FN3O2S. The molecule has 1 fully saturated rings. The minimum atomic E-state index is -0.457. The number of nitrogens with one attached hydrogen (secondary N) is 1. The van der Waals surface area contributed by atoms with Crippen molar-refractivity contribution in [3.63, 3.8) is 0 Å². The van der Waals surface area contributed by atoms with Crippen LogP contribution in [0.2, 0.25) is 0 Å². The van der Waals surface area contributed by atoms with Crippen molar-refractivity contribution in [1.29, 1.82) is 0 Å². The van der Waals surface area contributed by atoms with Crippen molar-refractivity contribution in [3.05, 3.63) is 64.9 Å². The molecule has 0 radical (unpaired) electrons. The minimum absolute atomic E-state index is 0.00684. The Morgan fingerprint density at radius 3 is 2.70 bits per heavy atom. The second-order valence-corrected chi connectivity index (χ2v) is 9.07. The summed E-state index contributed by atoms with van der Waals surface area (Å²) in [7, 11) is 1.79. The van der Waals surface area contributed by atoms with Crippen molar-refractivity contribution in [2.45, 2.75) is 44.2 Å². The first-order valence-electron chi connectivity index (χ1n) is 10.1. The zero-order valence-electron chi connectivity index (χ0n) is 16.9. The van der Waals surface area contributed by atoms with E-state index in [1.54, 1.807) is 35.4 Å². The summed E-state index contributed by atoms with van der Waals surface area (Å²) in [5.41, 5.74) is 1.44. The van der Waals surface area contributed by atoms with Gasteiger partial charge in [0.15, 0.2) is 0 Å². The first kappa shape index (κ1) is 20.5. The maximum atomic E-state index is 13.2. The van der Waals surface area contributed by atoms with Gasteiger partial charge in [-0.25, -0.2) is 9.37 Å². The number of fused-ring (bicyclic) bond motifs is 1. The zero-order valence-corrected chi connectivity index (χ0v) is 17.7. The number of para-hydroxylation sites is 1. The summed E-state index contributed by atoms with van der Waals surface area (Å²) in [5, 5.41) is 3.98. The molecule has 1 aliphatic heterocycles. The van der Waals surface area contributed by atoms with Crippen molar-refractivity contribution in [3.8, 4) is 0 Å². The lowest BCUT2D eigenvalue weighted by Crippen LogP contribution is -2.44. The number of benzene rings is 2. The van der Waals surface area contributed by atoms with Gasteiger partial charge in [-0.15, -0.1) is 11.3 Å². The molecule has 1 saturated heterocycles. The Morgan fingerprint density at radius 1 is 1.23 bits per heavy atom. The monoisotopic (exact) mass is 425 g/mol. The standard InChI is InChI=1S/C23H24FN3O2S/c1-27(15-21-25-18-4-2-3-5-19(18)30-21)22(29)11-13-23(12-10-20(28)26-23)14-16-6-8-17(24)9-7-16/h2-9H,10-15H2,1H3,(H,26,28)/t23-/m0/s1. The van der Waals surface area contributed by atoms with E-state index in [0.29, 0.717) is 38.6 Å². The molecule has 0 saturated carbocycles. The topological polar surface area (TPSA) is 62.3 Å². The Hall–Kier alpha value is -2.80. The van der Waals surface area contributed by atoms with Gasteiger partial charge in [-0.05, 0) is 49.1 Å². The van der Waals surface area contributed by atoms with Crippen molar-refractivity contribution >= 4 is 33.4 Å². The molecule has 2 heterocycles. The molecule has 2 amide bonds. The Morgan fingerprint density at radius 2 is 2.00 bits per heavy atom. The van der Waals surface area contributed by atoms with Gasteiger partial charge in [0.25, 0.3) is 0 Å². The van der Waals surface area contributed by atoms with Crippen LogP contribution in [-0.2, 0) is 22.6 Å². The SMILES string of the molecule is CN(Cc1nc2ccccc2s1)C(=O)CC[C@]1(Cc2ccc(F)cc2)CCC(=O)N1. The molecule has 4 rings (SSSR count). The van der Waals surface area contributed by atoms with E-state index >= 15 is 0 Å². The number of aromatic nitrogens is 1. The molecule has 0 spiro atoms. The Bertz CT molecular complexity index is 1030. The summed E-state index contributed by atoms with van der Waals surface area (Å²) < 4.78 is 14.3. The van der Waals surface area contributed by atoms with Crippen LogP contribution >= 0.6 is 11.3 Å². The van der Waals surface area contributed by atoms with Crippen LogP contribution in [0.1, 0.15) is 36.3 Å². The number of carbonyl (C=O) groups excluding carboxylic acids is 2. The Balaban J connectivity index is 1.39. The molecular weight excluding hydrogens is 401 g/mol. The van der Waals surface area contributed by atoms with Gasteiger partial charge < -0.3 is 10.2 Å². The normalized spacial score (nSPS) is 18.5. The third-order valence-corrected chi connectivity index (χ3v) is 6.67. The van der Waals surface area contributed by atoms with E-state index in [2.05, 4.69) is 10.3 Å². The van der Waals surface area contributed by atoms with Crippen LogP contribution < -0.4 is 5.32 Å². The number of halogens is 1. The Kier molecular flexibility index (Phi) is 5.81. The van der Waals surface area contributed by atoms with Crippen LogP contribution in [-0.4, -0.2) is 34.3 Å². The zero-order chi connectivity index (χ0) is 21.1. The fraction of sp³-hybridized carbons (Fsp3) is 0.348. The van der Waals surface area contributed by atoms with Crippen molar-refractivity contribution in [2.75, 3.05) is 7.05 Å². The van der Waals surface area contributed by atoms with Gasteiger partial charge in [0.2, 0.25) is 11.8 Å². The molecule has 156 valence electrons. The minimum Gasteiger partial charge on any atom is -0.350 e. The lowest BCUT2D eigenvalue weighted by molar-refractivity contribution is -0.131. The predicted octanol–water partition coefficient (Wildman–Crippen LogP) is 4.07. The van der Waals surface area contributed by atoms with Crippen LogP contribution in [0.5, 0.6) is 0 Å². The van der Waals surface area contributed by atoms with E-state index in [4.69, 9.17) is 0 Å². The summed E-state index contributed by atoms with van der Waals surface area (Å²) in [6, 6.07) is 14.3. The number of thiazole rings is 1. The quantitative estimate of drug-likeness (QED) is 0.621. The molecule has 30 heavy (non-hydrogen) atoms. The Labute approximate surface area is 178 Å². The summed E-state index contributed by atoms with van der Waals surface area (Å²) in [6.45, 7) is 0.468. The number of carbonyl (C=O) groups is 2. The molecule has 1 N–H and O–H groups in total. The number of hydrogen-bond donors (Lipinski definition) is 1. The summed E-state index contributed by atoms with van der Waals surface area (Å²) in [6.07, 6.45) is 2.62. The van der Waals surface area contributed by atoms with Gasteiger partial charge in [-0.2, -0.15) is 0 Å². The van der Waals surface area contributed by atoms with Gasteiger partial charge >= 0.3 is 0 Å². The molecule has 1 atom stereocenters. The van der Waals surface area contributed by atoms with E-state index in [-0.39, 0.29) is 17.6 Å². The third kappa shape index (κ3) is 4.67. The van der Waals surface area contributed by atoms with E-state index in [1.165, 1.54) is 12.1 Å². The van der Waals surface area contributed by atoms with Gasteiger partial charge in [0.1, 0.15) is 10.8 Å². The van der Waals surface area contributed by atoms with Crippen molar-refractivity contribution < 1.29 is 14.0 Å². The first-order chi connectivity index (χ1) is 14.4. The average Bonchev–Trinajstić information content (AvgIpc) is 3.31. The molecule has 1 aliphatic rings. The highest BCUT2D eigenvalue weighted by Gasteiger charge is 2.38. The second-order valence-electron chi connectivity index (χ2n) is 7.96. The van der Waals surface area contributed by atoms with E-state index in [0.717, 1.165) is 20.8 Å². The largest absolute Gasteiger partial charge is 0.350 e. The van der Waals surface area contributed by atoms with Crippen molar-refractivity contribution in [2.24, 2.45) is 0 Å². The lowest BCUT2D eigenvalue weighted by Gasteiger charge is -2.30. The van der Waals surface area contributed by atoms with Crippen LogP contribution in [0, 0.1) is 5.82 Å². The molecule has 7 heteroatoms. The highest BCUT2D eigenvalue weighted by molar-refractivity contribution is 7.18. The molecule has 1 aromatic heterocycles. The predicted molar refractivity (Wildman–Crippen MR) is 116 cm³/mol. The van der Waals surface area contributed by atoms with E-state index in [1.807, 2.05) is 24.3 Å². The number of hydrogen-bond acceptors (Lipinski definition) is 4. The molecule has 0 unspecified atom stereocenters. The number of amides is 2. The average molecular weight is 426 g/mol. The number of nitrogens with zero attached hydrogens (tertiary/aromatic N) is 2. The summed E-state index contributed by atoms with van der Waals surface area (Å²) >= 11 is 1.60. The van der Waals surface area contributed by atoms with Crippen molar-refractivity contribution in [1.82, 2.24) is 15.2 Å². The second kappa shape index (κ2) is 8.52. The highest BCUT2D eigenvalue weighted by Crippen LogP contribution is 2.30.